The molecule has 4 aliphatic rings. The standard InChI is InChI=1S/C29H46O/c1-7-21(19(2)3)9-8-20(4)25-12-13-26-24-11-10-22-18-23(30)14-16-28(22,5)27(24)15-17-29(25,26)6/h18,20-21,24-27H,2,7-17H2,1,3-6H3/t20-,21-,24+,25-,26+,27-,28+,29-/m1/s1. The largest absolute Gasteiger partial charge is 0.295 e. The molecule has 3 fully saturated rings. The van der Waals surface area contributed by atoms with Crippen LogP contribution in [-0.4, -0.2) is 5.78 Å². The second-order valence-electron chi connectivity index (χ2n) is 12.2. The molecule has 0 bridgehead atoms. The average Bonchev–Trinajstić information content (AvgIpc) is 3.06. The Labute approximate surface area is 186 Å². The van der Waals surface area contributed by atoms with Crippen LogP contribution >= 0.6 is 0 Å². The number of allylic oxidation sites excluding steroid dienone is 2. The molecule has 4 aliphatic carbocycles. The first-order valence-electron chi connectivity index (χ1n) is 13.1. The summed E-state index contributed by atoms with van der Waals surface area (Å²) in [6, 6.07) is 0. The molecule has 0 unspecified atom stereocenters. The molecule has 4 rings (SSSR count). The molecule has 0 amide bonds. The van der Waals surface area contributed by atoms with Crippen molar-refractivity contribution in [3.63, 3.8) is 0 Å². The van der Waals surface area contributed by atoms with Crippen molar-refractivity contribution in [3.05, 3.63) is 23.8 Å². The van der Waals surface area contributed by atoms with Gasteiger partial charge in [0.25, 0.3) is 0 Å². The van der Waals surface area contributed by atoms with Crippen molar-refractivity contribution in [2.45, 2.75) is 105 Å². The van der Waals surface area contributed by atoms with E-state index < -0.39 is 0 Å². The molecular formula is C29H46O. The third-order valence-electron chi connectivity index (χ3n) is 10.9. The molecule has 1 nitrogen and oxygen atoms in total. The fourth-order valence-corrected chi connectivity index (χ4v) is 9.00. The summed E-state index contributed by atoms with van der Waals surface area (Å²) in [6.07, 6.45) is 16.1. The van der Waals surface area contributed by atoms with Crippen LogP contribution in [0.15, 0.2) is 23.8 Å². The van der Waals surface area contributed by atoms with E-state index in [-0.39, 0.29) is 0 Å². The van der Waals surface area contributed by atoms with Gasteiger partial charge in [-0.3, -0.25) is 4.79 Å². The van der Waals surface area contributed by atoms with E-state index in [9.17, 15) is 4.79 Å². The highest BCUT2D eigenvalue weighted by atomic mass is 16.1. The maximum absolute atomic E-state index is 12.1. The lowest BCUT2D eigenvalue weighted by Crippen LogP contribution is -2.51. The maximum atomic E-state index is 12.1. The van der Waals surface area contributed by atoms with E-state index in [4.69, 9.17) is 0 Å². The van der Waals surface area contributed by atoms with Gasteiger partial charge in [0, 0.05) is 6.42 Å². The first-order chi connectivity index (χ1) is 14.2. The third-order valence-corrected chi connectivity index (χ3v) is 10.9. The van der Waals surface area contributed by atoms with Gasteiger partial charge >= 0.3 is 0 Å². The highest BCUT2D eigenvalue weighted by molar-refractivity contribution is 5.91. The number of hydrogen-bond donors (Lipinski definition) is 0. The molecule has 0 radical (unpaired) electrons. The first-order valence-corrected chi connectivity index (χ1v) is 13.1. The lowest BCUT2D eigenvalue weighted by molar-refractivity contribution is -0.117. The predicted molar refractivity (Wildman–Crippen MR) is 127 cm³/mol. The molecule has 0 spiro atoms. The van der Waals surface area contributed by atoms with Crippen LogP contribution in [-0.2, 0) is 4.79 Å². The molecule has 0 N–H and O–H groups in total. The molecule has 0 aromatic carbocycles. The number of ketones is 1. The van der Waals surface area contributed by atoms with E-state index in [0.29, 0.717) is 22.5 Å². The topological polar surface area (TPSA) is 17.1 Å². The molecule has 0 aromatic rings. The summed E-state index contributed by atoms with van der Waals surface area (Å²) in [6.45, 7) is 16.5. The minimum atomic E-state index is 0.317. The smallest absolute Gasteiger partial charge is 0.155 e. The zero-order valence-electron chi connectivity index (χ0n) is 20.4. The van der Waals surface area contributed by atoms with E-state index in [0.717, 1.165) is 42.4 Å². The molecule has 30 heavy (non-hydrogen) atoms. The van der Waals surface area contributed by atoms with E-state index in [1.54, 1.807) is 0 Å². The number of carbonyl (C=O) groups is 1. The first kappa shape index (κ1) is 22.3. The number of fused-ring (bicyclic) bond motifs is 5. The van der Waals surface area contributed by atoms with E-state index in [1.165, 1.54) is 68.9 Å². The lowest BCUT2D eigenvalue weighted by Gasteiger charge is -2.58. The average molecular weight is 411 g/mol. The molecule has 168 valence electrons. The van der Waals surface area contributed by atoms with Gasteiger partial charge in [-0.25, -0.2) is 0 Å². The fraction of sp³-hybridized carbons (Fsp3) is 0.828. The summed E-state index contributed by atoms with van der Waals surface area (Å²) < 4.78 is 0. The summed E-state index contributed by atoms with van der Waals surface area (Å²) in [4.78, 5) is 12.1. The number of rotatable bonds is 6. The normalized spacial score (nSPS) is 42.6. The second kappa shape index (κ2) is 8.25. The third kappa shape index (κ3) is 3.57. The molecular weight excluding hydrogens is 364 g/mol. The van der Waals surface area contributed by atoms with Gasteiger partial charge in [-0.2, -0.15) is 0 Å². The van der Waals surface area contributed by atoms with Crippen LogP contribution in [0.5, 0.6) is 0 Å². The van der Waals surface area contributed by atoms with Gasteiger partial charge in [0.15, 0.2) is 5.78 Å². The van der Waals surface area contributed by atoms with Gasteiger partial charge in [0.2, 0.25) is 0 Å². The summed E-state index contributed by atoms with van der Waals surface area (Å²) in [5.41, 5.74) is 3.76. The van der Waals surface area contributed by atoms with Crippen LogP contribution in [0.4, 0.5) is 0 Å². The van der Waals surface area contributed by atoms with E-state index in [2.05, 4.69) is 47.3 Å². The Hall–Kier alpha value is -0.850. The quantitative estimate of drug-likeness (QED) is 0.404. The highest BCUT2D eigenvalue weighted by Crippen LogP contribution is 2.67. The molecule has 0 saturated heterocycles. The fourth-order valence-electron chi connectivity index (χ4n) is 9.00. The van der Waals surface area contributed by atoms with Crippen molar-refractivity contribution in [2.24, 2.45) is 46.3 Å². The lowest BCUT2D eigenvalue weighted by atomic mass is 9.46. The monoisotopic (exact) mass is 410 g/mol. The minimum absolute atomic E-state index is 0.317. The Bertz CT molecular complexity index is 716. The highest BCUT2D eigenvalue weighted by Gasteiger charge is 2.59. The Morgan fingerprint density at radius 3 is 2.57 bits per heavy atom. The van der Waals surface area contributed by atoms with Crippen LogP contribution in [0, 0.1) is 46.3 Å². The van der Waals surface area contributed by atoms with Gasteiger partial charge in [-0.05, 0) is 124 Å². The van der Waals surface area contributed by atoms with Crippen LogP contribution < -0.4 is 0 Å². The zero-order valence-corrected chi connectivity index (χ0v) is 20.4. The summed E-state index contributed by atoms with van der Waals surface area (Å²) in [5.74, 6) is 5.49. The Morgan fingerprint density at radius 1 is 1.10 bits per heavy atom. The van der Waals surface area contributed by atoms with Crippen molar-refractivity contribution in [3.8, 4) is 0 Å². The second-order valence-corrected chi connectivity index (χ2v) is 12.2. The Morgan fingerprint density at radius 2 is 1.87 bits per heavy atom. The van der Waals surface area contributed by atoms with Crippen molar-refractivity contribution in [2.75, 3.05) is 0 Å². The molecule has 0 aliphatic heterocycles. The zero-order chi connectivity index (χ0) is 21.7. The molecule has 0 heterocycles. The molecule has 3 saturated carbocycles. The van der Waals surface area contributed by atoms with Gasteiger partial charge in [0.1, 0.15) is 0 Å². The summed E-state index contributed by atoms with van der Waals surface area (Å²) >= 11 is 0. The summed E-state index contributed by atoms with van der Waals surface area (Å²) in [7, 11) is 0. The molecule has 8 atom stereocenters. The Kier molecular flexibility index (Phi) is 6.15. The van der Waals surface area contributed by atoms with E-state index in [1.807, 2.05) is 0 Å². The van der Waals surface area contributed by atoms with Crippen LogP contribution in [0.3, 0.4) is 0 Å². The van der Waals surface area contributed by atoms with Crippen molar-refractivity contribution in [1.82, 2.24) is 0 Å². The SMILES string of the molecule is C=C(C)[C@H](CC)CC[C@@H](C)[C@H]1CC[C@H]2[C@@H]3CCC4=CC(=O)CC[C@]4(C)[C@@H]3CC[C@]12C. The maximum Gasteiger partial charge on any atom is 0.155 e. The predicted octanol–water partition coefficient (Wildman–Crippen LogP) is 8.15. The van der Waals surface area contributed by atoms with Crippen LogP contribution in [0.2, 0.25) is 0 Å². The van der Waals surface area contributed by atoms with Gasteiger partial charge in [0.05, 0.1) is 0 Å². The van der Waals surface area contributed by atoms with Gasteiger partial charge in [-0.15, -0.1) is 0 Å². The molecule has 0 aromatic heterocycles. The van der Waals surface area contributed by atoms with Crippen molar-refractivity contribution in [1.29, 1.82) is 0 Å². The minimum Gasteiger partial charge on any atom is -0.295 e. The van der Waals surface area contributed by atoms with Gasteiger partial charge in [-0.1, -0.05) is 45.4 Å². The Balaban J connectivity index is 1.48. The van der Waals surface area contributed by atoms with Crippen molar-refractivity contribution >= 4 is 5.78 Å². The number of hydrogen-bond acceptors (Lipinski definition) is 1. The van der Waals surface area contributed by atoms with Crippen LogP contribution in [0.1, 0.15) is 105 Å². The van der Waals surface area contributed by atoms with Crippen LogP contribution in [0.25, 0.3) is 0 Å². The number of carbonyl (C=O) groups excluding carboxylic acids is 1. The van der Waals surface area contributed by atoms with E-state index >= 15 is 0 Å². The van der Waals surface area contributed by atoms with Crippen molar-refractivity contribution < 1.29 is 4.79 Å². The summed E-state index contributed by atoms with van der Waals surface area (Å²) in [5, 5.41) is 0. The molecule has 1 heteroatoms. The van der Waals surface area contributed by atoms with Gasteiger partial charge < -0.3 is 0 Å².